The number of nitrogens with two attached hydrogens (primary N) is 1. The fraction of sp³-hybridized carbons (Fsp3) is 0.667. The first kappa shape index (κ1) is 14.7. The van der Waals surface area contributed by atoms with E-state index in [1.807, 2.05) is 12.1 Å². The van der Waals surface area contributed by atoms with Crippen LogP contribution in [0.4, 0.5) is 0 Å². The summed E-state index contributed by atoms with van der Waals surface area (Å²) in [6.07, 6.45) is 8.36. The summed E-state index contributed by atoms with van der Waals surface area (Å²) in [5.74, 6) is 2.64. The maximum Gasteiger partial charge on any atom is 0.128 e. The van der Waals surface area contributed by atoms with E-state index < -0.39 is 0 Å². The van der Waals surface area contributed by atoms with E-state index in [4.69, 9.17) is 15.2 Å². The molecule has 1 spiro atoms. The Balaban J connectivity index is 1.86. The van der Waals surface area contributed by atoms with E-state index in [0.717, 1.165) is 42.2 Å². The van der Waals surface area contributed by atoms with Crippen LogP contribution in [0.1, 0.15) is 63.5 Å². The summed E-state index contributed by atoms with van der Waals surface area (Å²) in [5.41, 5.74) is 7.51. The fourth-order valence-electron chi connectivity index (χ4n) is 3.99. The topological polar surface area (TPSA) is 44.5 Å². The lowest BCUT2D eigenvalue weighted by molar-refractivity contribution is 0.0201. The summed E-state index contributed by atoms with van der Waals surface area (Å²) >= 11 is 0. The lowest BCUT2D eigenvalue weighted by atomic mass is 9.82. The van der Waals surface area contributed by atoms with Crippen LogP contribution in [0.25, 0.3) is 0 Å². The van der Waals surface area contributed by atoms with Gasteiger partial charge in [-0.15, -0.1) is 0 Å². The molecule has 0 radical (unpaired) electrons. The van der Waals surface area contributed by atoms with Crippen molar-refractivity contribution in [2.45, 2.75) is 63.5 Å². The Morgan fingerprint density at radius 2 is 2.19 bits per heavy atom. The molecule has 1 heterocycles. The molecule has 1 aliphatic heterocycles. The zero-order chi connectivity index (χ0) is 14.9. The van der Waals surface area contributed by atoms with E-state index in [1.165, 1.54) is 25.7 Å². The number of hydrogen-bond acceptors (Lipinski definition) is 3. The van der Waals surface area contributed by atoms with Crippen LogP contribution in [0.2, 0.25) is 0 Å². The van der Waals surface area contributed by atoms with E-state index >= 15 is 0 Å². The van der Waals surface area contributed by atoms with Crippen molar-refractivity contribution in [2.24, 2.45) is 11.7 Å². The van der Waals surface area contributed by atoms with Crippen LogP contribution in [0.3, 0.4) is 0 Å². The molecule has 3 rings (SSSR count). The highest BCUT2D eigenvalue weighted by Gasteiger charge is 2.41. The number of hydrogen-bond donors (Lipinski definition) is 1. The first-order chi connectivity index (χ1) is 10.2. The smallest absolute Gasteiger partial charge is 0.128 e. The predicted octanol–water partition coefficient (Wildman–Crippen LogP) is 4.21. The molecule has 0 aromatic heterocycles. The molecule has 1 aliphatic carbocycles. The molecule has 0 bridgehead atoms. The summed E-state index contributed by atoms with van der Waals surface area (Å²) in [7, 11) is 1.69. The van der Waals surface area contributed by atoms with Crippen molar-refractivity contribution in [2.75, 3.05) is 7.11 Å². The molecule has 3 nitrogen and oxygen atoms in total. The molecular weight excluding hydrogens is 262 g/mol. The molecule has 21 heavy (non-hydrogen) atoms. The number of benzene rings is 1. The van der Waals surface area contributed by atoms with Gasteiger partial charge in [0.15, 0.2) is 0 Å². The van der Waals surface area contributed by atoms with Crippen molar-refractivity contribution >= 4 is 0 Å². The first-order valence-electron chi connectivity index (χ1n) is 8.28. The van der Waals surface area contributed by atoms with Crippen LogP contribution in [0, 0.1) is 5.92 Å². The van der Waals surface area contributed by atoms with Gasteiger partial charge in [0.1, 0.15) is 17.1 Å². The Bertz CT molecular complexity index is 502. The van der Waals surface area contributed by atoms with Gasteiger partial charge in [0, 0.05) is 24.1 Å². The van der Waals surface area contributed by atoms with Gasteiger partial charge in [0.05, 0.1) is 7.11 Å². The molecule has 1 fully saturated rings. The average Bonchev–Trinajstić information content (AvgIpc) is 2.69. The van der Waals surface area contributed by atoms with Crippen LogP contribution in [-0.4, -0.2) is 12.7 Å². The largest absolute Gasteiger partial charge is 0.497 e. The lowest BCUT2D eigenvalue weighted by Crippen LogP contribution is -2.42. The van der Waals surface area contributed by atoms with Crippen LogP contribution in [0.5, 0.6) is 11.5 Å². The summed E-state index contributed by atoms with van der Waals surface area (Å²) < 4.78 is 11.8. The van der Waals surface area contributed by atoms with Crippen LogP contribution < -0.4 is 15.2 Å². The Morgan fingerprint density at radius 3 is 2.95 bits per heavy atom. The Labute approximate surface area is 127 Å². The van der Waals surface area contributed by atoms with Crippen LogP contribution in [-0.2, 0) is 0 Å². The maximum absolute atomic E-state index is 6.49. The highest BCUT2D eigenvalue weighted by molar-refractivity contribution is 5.44. The summed E-state index contributed by atoms with van der Waals surface area (Å²) in [4.78, 5) is 0. The van der Waals surface area contributed by atoms with Gasteiger partial charge in [-0.3, -0.25) is 0 Å². The molecule has 0 amide bonds. The minimum atomic E-state index is -0.0529. The van der Waals surface area contributed by atoms with Gasteiger partial charge in [0.25, 0.3) is 0 Å². The highest BCUT2D eigenvalue weighted by Crippen LogP contribution is 2.46. The fourth-order valence-corrected chi connectivity index (χ4v) is 3.99. The van der Waals surface area contributed by atoms with E-state index in [0.29, 0.717) is 0 Å². The van der Waals surface area contributed by atoms with E-state index in [2.05, 4.69) is 13.0 Å². The third-order valence-corrected chi connectivity index (χ3v) is 5.37. The lowest BCUT2D eigenvalue weighted by Gasteiger charge is -2.41. The standard InChI is InChI=1S/C18H27NO2/c1-3-13-5-4-9-18(10-8-13)12-16(19)15-7-6-14(20-2)11-17(15)21-18/h6-7,11,13,16H,3-5,8-10,12,19H2,1-2H3/t13?,16-,18?/m1/s1. The van der Waals surface area contributed by atoms with Gasteiger partial charge >= 0.3 is 0 Å². The highest BCUT2D eigenvalue weighted by atomic mass is 16.5. The minimum Gasteiger partial charge on any atom is -0.497 e. The predicted molar refractivity (Wildman–Crippen MR) is 84.8 cm³/mol. The molecule has 116 valence electrons. The summed E-state index contributed by atoms with van der Waals surface area (Å²) in [5, 5.41) is 0. The molecule has 2 N–H and O–H groups in total. The number of ether oxygens (including phenoxy) is 2. The van der Waals surface area contributed by atoms with E-state index in [-0.39, 0.29) is 11.6 Å². The molecule has 1 aromatic carbocycles. The summed E-state index contributed by atoms with van der Waals surface area (Å²) in [6.45, 7) is 2.30. The number of fused-ring (bicyclic) bond motifs is 1. The van der Waals surface area contributed by atoms with Crippen molar-refractivity contribution in [1.82, 2.24) is 0 Å². The van der Waals surface area contributed by atoms with Crippen molar-refractivity contribution in [3.05, 3.63) is 23.8 Å². The zero-order valence-electron chi connectivity index (χ0n) is 13.2. The third-order valence-electron chi connectivity index (χ3n) is 5.37. The monoisotopic (exact) mass is 289 g/mol. The van der Waals surface area contributed by atoms with Gasteiger partial charge in [-0.1, -0.05) is 25.8 Å². The Hall–Kier alpha value is -1.22. The maximum atomic E-state index is 6.49. The normalized spacial score (nSPS) is 32.1. The van der Waals surface area contributed by atoms with Crippen molar-refractivity contribution in [1.29, 1.82) is 0 Å². The van der Waals surface area contributed by atoms with Crippen LogP contribution in [0.15, 0.2) is 18.2 Å². The van der Waals surface area contributed by atoms with E-state index in [9.17, 15) is 0 Å². The molecule has 3 heteroatoms. The van der Waals surface area contributed by atoms with Crippen LogP contribution >= 0.6 is 0 Å². The molecule has 0 saturated heterocycles. The van der Waals surface area contributed by atoms with E-state index in [1.54, 1.807) is 7.11 Å². The van der Waals surface area contributed by atoms with Gasteiger partial charge in [-0.2, -0.15) is 0 Å². The molecule has 1 aromatic rings. The first-order valence-corrected chi connectivity index (χ1v) is 8.28. The second-order valence-electron chi connectivity index (χ2n) is 6.70. The average molecular weight is 289 g/mol. The number of methoxy groups -OCH3 is 1. The van der Waals surface area contributed by atoms with Crippen molar-refractivity contribution in [3.63, 3.8) is 0 Å². The van der Waals surface area contributed by atoms with Crippen molar-refractivity contribution < 1.29 is 9.47 Å². The molecule has 2 unspecified atom stereocenters. The van der Waals surface area contributed by atoms with Gasteiger partial charge < -0.3 is 15.2 Å². The molecule has 2 aliphatic rings. The van der Waals surface area contributed by atoms with Gasteiger partial charge in [-0.05, 0) is 37.7 Å². The van der Waals surface area contributed by atoms with Gasteiger partial charge in [0.2, 0.25) is 0 Å². The quantitative estimate of drug-likeness (QED) is 0.887. The Kier molecular flexibility index (Phi) is 4.12. The second kappa shape index (κ2) is 5.88. The molecular formula is C18H27NO2. The second-order valence-corrected chi connectivity index (χ2v) is 6.70. The van der Waals surface area contributed by atoms with Gasteiger partial charge in [-0.25, -0.2) is 0 Å². The molecule has 3 atom stereocenters. The SMILES string of the molecule is CCC1CCCC2(CC1)C[C@@H](N)c1ccc(OC)cc1O2. The third kappa shape index (κ3) is 2.89. The molecule has 1 saturated carbocycles. The summed E-state index contributed by atoms with van der Waals surface area (Å²) in [6, 6.07) is 6.10. The number of rotatable bonds is 2. The van der Waals surface area contributed by atoms with Crippen molar-refractivity contribution in [3.8, 4) is 11.5 Å². The zero-order valence-corrected chi connectivity index (χ0v) is 13.2. The minimum absolute atomic E-state index is 0.0529. The Morgan fingerprint density at radius 1 is 1.33 bits per heavy atom.